The van der Waals surface area contributed by atoms with Gasteiger partial charge in [-0.1, -0.05) is 18.2 Å². The lowest BCUT2D eigenvalue weighted by Gasteiger charge is -2.09. The third-order valence-corrected chi connectivity index (χ3v) is 2.70. The molecule has 0 aliphatic rings. The van der Waals surface area contributed by atoms with Crippen LogP contribution < -0.4 is 5.32 Å². The van der Waals surface area contributed by atoms with E-state index in [4.69, 9.17) is 0 Å². The molecule has 8 heteroatoms. The number of halogens is 1. The van der Waals surface area contributed by atoms with E-state index in [9.17, 15) is 9.18 Å². The maximum absolute atomic E-state index is 13.0. The largest absolute Gasteiger partial charge is 0.319 e. The van der Waals surface area contributed by atoms with Gasteiger partial charge in [-0.05, 0) is 34.7 Å². The number of nitrogens with one attached hydrogen (secondary N) is 1. The Hall–Kier alpha value is -3.16. The molecule has 0 bridgehead atoms. The second kappa shape index (κ2) is 5.45. The molecule has 1 amide bonds. The molecule has 0 aliphatic heterocycles. The van der Waals surface area contributed by atoms with Crippen LogP contribution in [0.1, 0.15) is 10.5 Å². The molecular formula is C13H9FN6O. The van der Waals surface area contributed by atoms with E-state index in [0.29, 0.717) is 11.4 Å². The average molecular weight is 284 g/mol. The van der Waals surface area contributed by atoms with Gasteiger partial charge in [0, 0.05) is 0 Å². The molecule has 2 heterocycles. The summed E-state index contributed by atoms with van der Waals surface area (Å²) in [6.45, 7) is 0. The Bertz CT molecular complexity index is 774. The third-order valence-electron chi connectivity index (χ3n) is 2.70. The lowest BCUT2D eigenvalue weighted by atomic mass is 10.2. The first-order valence-corrected chi connectivity index (χ1v) is 6.00. The highest BCUT2D eigenvalue weighted by molar-refractivity contribution is 6.03. The molecule has 7 nitrogen and oxygen atoms in total. The average Bonchev–Trinajstić information content (AvgIpc) is 3.02. The predicted octanol–water partition coefficient (Wildman–Crippen LogP) is 1.45. The maximum atomic E-state index is 13.0. The van der Waals surface area contributed by atoms with Gasteiger partial charge in [0.25, 0.3) is 5.91 Å². The number of pyridine rings is 1. The van der Waals surface area contributed by atoms with Crippen molar-refractivity contribution in [1.29, 1.82) is 0 Å². The molecule has 0 unspecified atom stereocenters. The first-order valence-electron chi connectivity index (χ1n) is 6.00. The first-order chi connectivity index (χ1) is 10.2. The lowest BCUT2D eigenvalue weighted by molar-refractivity contribution is 0.102. The molecule has 0 saturated carbocycles. The van der Waals surface area contributed by atoms with Gasteiger partial charge in [-0.2, -0.15) is 9.07 Å². The Kier molecular flexibility index (Phi) is 3.34. The number of aromatic nitrogens is 5. The molecule has 3 aromatic rings. The van der Waals surface area contributed by atoms with E-state index in [1.165, 1.54) is 29.2 Å². The molecule has 0 radical (unpaired) electrons. The van der Waals surface area contributed by atoms with Crippen LogP contribution in [-0.4, -0.2) is 31.1 Å². The zero-order valence-corrected chi connectivity index (χ0v) is 10.6. The van der Waals surface area contributed by atoms with Gasteiger partial charge in [0.1, 0.15) is 12.0 Å². The molecule has 0 fully saturated rings. The van der Waals surface area contributed by atoms with Gasteiger partial charge in [0.15, 0.2) is 0 Å². The number of amides is 1. The molecule has 1 N–H and O–H groups in total. The number of tetrazole rings is 1. The lowest BCUT2D eigenvalue weighted by Crippen LogP contribution is -2.15. The summed E-state index contributed by atoms with van der Waals surface area (Å²) in [7, 11) is 0. The van der Waals surface area contributed by atoms with Crippen LogP contribution in [0.15, 0.2) is 48.8 Å². The van der Waals surface area contributed by atoms with Crippen molar-refractivity contribution in [1.82, 2.24) is 25.2 Å². The minimum absolute atomic E-state index is 0.0125. The fourth-order valence-electron chi connectivity index (χ4n) is 1.77. The summed E-state index contributed by atoms with van der Waals surface area (Å²) in [5.74, 6) is -1.23. The van der Waals surface area contributed by atoms with Gasteiger partial charge < -0.3 is 5.32 Å². The SMILES string of the molecule is O=C(Nc1ccccc1-n1cnnn1)c1cccc(F)n1. The van der Waals surface area contributed by atoms with Crippen molar-refractivity contribution in [3.63, 3.8) is 0 Å². The second-order valence-corrected chi connectivity index (χ2v) is 4.07. The molecule has 104 valence electrons. The van der Waals surface area contributed by atoms with Gasteiger partial charge in [0.05, 0.1) is 11.4 Å². The summed E-state index contributed by atoms with van der Waals surface area (Å²) in [6, 6.07) is 11.0. The first kappa shape index (κ1) is 12.9. The minimum Gasteiger partial charge on any atom is -0.319 e. The van der Waals surface area contributed by atoms with Crippen molar-refractivity contribution in [2.24, 2.45) is 0 Å². The van der Waals surface area contributed by atoms with Crippen molar-refractivity contribution in [3.05, 3.63) is 60.4 Å². The number of rotatable bonds is 3. The van der Waals surface area contributed by atoms with Gasteiger partial charge in [-0.25, -0.2) is 4.98 Å². The fraction of sp³-hybridized carbons (Fsp3) is 0. The number of hydrogen-bond acceptors (Lipinski definition) is 5. The Labute approximate surface area is 118 Å². The molecule has 0 spiro atoms. The number of hydrogen-bond donors (Lipinski definition) is 1. The smallest absolute Gasteiger partial charge is 0.274 e. The van der Waals surface area contributed by atoms with Crippen molar-refractivity contribution >= 4 is 11.6 Å². The van der Waals surface area contributed by atoms with Crippen LogP contribution in [0.25, 0.3) is 5.69 Å². The number of benzene rings is 1. The standard InChI is InChI=1S/C13H9FN6O/c14-12-7-3-5-10(16-12)13(21)17-9-4-1-2-6-11(9)20-8-15-18-19-20/h1-8H,(H,17,21). The Morgan fingerprint density at radius 3 is 2.76 bits per heavy atom. The van der Waals surface area contributed by atoms with E-state index < -0.39 is 11.9 Å². The fourth-order valence-corrected chi connectivity index (χ4v) is 1.77. The topological polar surface area (TPSA) is 85.6 Å². The highest BCUT2D eigenvalue weighted by atomic mass is 19.1. The van der Waals surface area contributed by atoms with E-state index in [-0.39, 0.29) is 5.69 Å². The number of anilines is 1. The third kappa shape index (κ3) is 2.73. The minimum atomic E-state index is -0.712. The van der Waals surface area contributed by atoms with Crippen LogP contribution in [0, 0.1) is 5.95 Å². The van der Waals surface area contributed by atoms with E-state index in [1.807, 2.05) is 0 Å². The van der Waals surface area contributed by atoms with Crippen LogP contribution in [0.4, 0.5) is 10.1 Å². The molecule has 1 aromatic carbocycles. The Morgan fingerprint density at radius 1 is 1.14 bits per heavy atom. The van der Waals surface area contributed by atoms with Crippen LogP contribution in [-0.2, 0) is 0 Å². The van der Waals surface area contributed by atoms with Crippen LogP contribution >= 0.6 is 0 Å². The highest BCUT2D eigenvalue weighted by Crippen LogP contribution is 2.19. The molecule has 2 aromatic heterocycles. The zero-order valence-electron chi connectivity index (χ0n) is 10.6. The van der Waals surface area contributed by atoms with Crippen molar-refractivity contribution in [2.75, 3.05) is 5.32 Å². The molecule has 0 saturated heterocycles. The number of para-hydroxylation sites is 2. The number of carbonyl (C=O) groups excluding carboxylic acids is 1. The number of carbonyl (C=O) groups is 1. The van der Waals surface area contributed by atoms with Gasteiger partial charge in [-0.15, -0.1) is 5.10 Å². The van der Waals surface area contributed by atoms with Gasteiger partial charge in [-0.3, -0.25) is 4.79 Å². The highest BCUT2D eigenvalue weighted by Gasteiger charge is 2.12. The summed E-state index contributed by atoms with van der Waals surface area (Å²) in [5.41, 5.74) is 1.06. The molecule has 0 atom stereocenters. The number of nitrogens with zero attached hydrogens (tertiary/aromatic N) is 5. The van der Waals surface area contributed by atoms with E-state index in [2.05, 4.69) is 25.8 Å². The normalized spacial score (nSPS) is 10.3. The Balaban J connectivity index is 1.90. The molecule has 3 rings (SSSR count). The predicted molar refractivity (Wildman–Crippen MR) is 71.3 cm³/mol. The van der Waals surface area contributed by atoms with Gasteiger partial charge in [0.2, 0.25) is 5.95 Å². The van der Waals surface area contributed by atoms with Crippen LogP contribution in [0.3, 0.4) is 0 Å². The maximum Gasteiger partial charge on any atom is 0.274 e. The summed E-state index contributed by atoms with van der Waals surface area (Å²) in [6.07, 6.45) is 1.41. The van der Waals surface area contributed by atoms with Crippen molar-refractivity contribution in [2.45, 2.75) is 0 Å². The summed E-state index contributed by atoms with van der Waals surface area (Å²) in [5, 5.41) is 13.5. The van der Waals surface area contributed by atoms with Crippen LogP contribution in [0.5, 0.6) is 0 Å². The summed E-state index contributed by atoms with van der Waals surface area (Å²) in [4.78, 5) is 15.6. The second-order valence-electron chi connectivity index (χ2n) is 4.07. The van der Waals surface area contributed by atoms with E-state index >= 15 is 0 Å². The summed E-state index contributed by atoms with van der Waals surface area (Å²) < 4.78 is 14.5. The van der Waals surface area contributed by atoms with Crippen molar-refractivity contribution < 1.29 is 9.18 Å². The van der Waals surface area contributed by atoms with Crippen LogP contribution in [0.2, 0.25) is 0 Å². The monoisotopic (exact) mass is 284 g/mol. The zero-order chi connectivity index (χ0) is 14.7. The summed E-state index contributed by atoms with van der Waals surface area (Å²) >= 11 is 0. The molecular weight excluding hydrogens is 275 g/mol. The van der Waals surface area contributed by atoms with Gasteiger partial charge >= 0.3 is 0 Å². The quantitative estimate of drug-likeness (QED) is 0.736. The Morgan fingerprint density at radius 2 is 2.00 bits per heavy atom. The van der Waals surface area contributed by atoms with Crippen molar-refractivity contribution in [3.8, 4) is 5.69 Å². The molecule has 0 aliphatic carbocycles. The van der Waals surface area contributed by atoms with E-state index in [1.54, 1.807) is 24.3 Å². The molecule has 21 heavy (non-hydrogen) atoms. The van der Waals surface area contributed by atoms with E-state index in [0.717, 1.165) is 0 Å².